The van der Waals surface area contributed by atoms with E-state index in [1.165, 1.54) is 0 Å². The fraction of sp³-hybridized carbons (Fsp3) is 0.214. The summed E-state index contributed by atoms with van der Waals surface area (Å²) in [6, 6.07) is 11.2. The average molecular weight is 252 g/mol. The second-order valence-electron chi connectivity index (χ2n) is 4.41. The van der Waals surface area contributed by atoms with Crippen LogP contribution in [0.25, 0.3) is 10.9 Å². The molecule has 1 aromatic carbocycles. The van der Waals surface area contributed by atoms with E-state index in [4.69, 9.17) is 5.26 Å². The maximum Gasteiger partial charge on any atom is 0.242 e. The lowest BCUT2D eigenvalue weighted by Gasteiger charge is -2.26. The minimum atomic E-state index is 0.0340. The standard InChI is InChI=1S/C14H12N4O/c15-8-10-1-3-12-11(7-10)2-4-13(17-12)18-6-5-16-9-14(18)19/h1-4,7,16H,5-6,9H2. The van der Waals surface area contributed by atoms with E-state index in [1.54, 1.807) is 17.0 Å². The number of carbonyl (C=O) groups excluding carboxylic acids is 1. The Morgan fingerprint density at radius 1 is 1.32 bits per heavy atom. The van der Waals surface area contributed by atoms with Crippen LogP contribution < -0.4 is 10.2 Å². The monoisotopic (exact) mass is 252 g/mol. The van der Waals surface area contributed by atoms with E-state index < -0.39 is 0 Å². The highest BCUT2D eigenvalue weighted by atomic mass is 16.2. The highest BCUT2D eigenvalue weighted by molar-refractivity contribution is 5.95. The minimum absolute atomic E-state index is 0.0340. The number of piperazine rings is 1. The van der Waals surface area contributed by atoms with Gasteiger partial charge in [0.1, 0.15) is 5.82 Å². The topological polar surface area (TPSA) is 69.0 Å². The third-order valence-electron chi connectivity index (χ3n) is 3.17. The molecular weight excluding hydrogens is 240 g/mol. The third-order valence-corrected chi connectivity index (χ3v) is 3.17. The van der Waals surface area contributed by atoms with Crippen LogP contribution in [0.15, 0.2) is 30.3 Å². The van der Waals surface area contributed by atoms with Crippen molar-refractivity contribution in [2.24, 2.45) is 0 Å². The number of anilines is 1. The molecule has 3 rings (SSSR count). The van der Waals surface area contributed by atoms with Crippen molar-refractivity contribution in [3.05, 3.63) is 35.9 Å². The molecule has 94 valence electrons. The molecule has 5 nitrogen and oxygen atoms in total. The summed E-state index contributed by atoms with van der Waals surface area (Å²) in [7, 11) is 0. The first-order valence-electron chi connectivity index (χ1n) is 6.10. The molecule has 0 aliphatic carbocycles. The third kappa shape index (κ3) is 2.14. The van der Waals surface area contributed by atoms with Gasteiger partial charge in [-0.1, -0.05) is 0 Å². The average Bonchev–Trinajstić information content (AvgIpc) is 2.46. The lowest BCUT2D eigenvalue weighted by Crippen LogP contribution is -2.48. The first-order chi connectivity index (χ1) is 9.28. The Kier molecular flexibility index (Phi) is 2.86. The van der Waals surface area contributed by atoms with Gasteiger partial charge in [-0.3, -0.25) is 9.69 Å². The lowest BCUT2D eigenvalue weighted by molar-refractivity contribution is -0.118. The van der Waals surface area contributed by atoms with E-state index in [-0.39, 0.29) is 5.91 Å². The van der Waals surface area contributed by atoms with Crippen LogP contribution in [-0.2, 0) is 4.79 Å². The van der Waals surface area contributed by atoms with E-state index in [0.717, 1.165) is 17.4 Å². The molecule has 1 N–H and O–H groups in total. The Labute approximate surface area is 110 Å². The van der Waals surface area contributed by atoms with Crippen LogP contribution in [0.5, 0.6) is 0 Å². The van der Waals surface area contributed by atoms with E-state index in [9.17, 15) is 4.79 Å². The molecule has 1 amide bonds. The van der Waals surface area contributed by atoms with Gasteiger partial charge in [0.15, 0.2) is 0 Å². The van der Waals surface area contributed by atoms with Crippen LogP contribution in [0.2, 0.25) is 0 Å². The fourth-order valence-electron chi connectivity index (χ4n) is 2.18. The molecule has 0 saturated carbocycles. The molecule has 1 saturated heterocycles. The zero-order valence-corrected chi connectivity index (χ0v) is 10.3. The van der Waals surface area contributed by atoms with E-state index in [2.05, 4.69) is 16.4 Å². The van der Waals surface area contributed by atoms with Crippen LogP contribution in [0.1, 0.15) is 5.56 Å². The van der Waals surface area contributed by atoms with E-state index in [0.29, 0.717) is 24.5 Å². The van der Waals surface area contributed by atoms with Gasteiger partial charge in [0.05, 0.1) is 23.7 Å². The molecule has 0 unspecified atom stereocenters. The zero-order chi connectivity index (χ0) is 13.2. The van der Waals surface area contributed by atoms with Crippen molar-refractivity contribution in [3.63, 3.8) is 0 Å². The summed E-state index contributed by atoms with van der Waals surface area (Å²) in [6.45, 7) is 1.76. The molecule has 1 aliphatic rings. The molecule has 0 atom stereocenters. The number of amides is 1. The van der Waals surface area contributed by atoms with E-state index in [1.807, 2.05) is 18.2 Å². The SMILES string of the molecule is N#Cc1ccc2nc(N3CCNCC3=O)ccc2c1. The summed E-state index contributed by atoms with van der Waals surface area (Å²) in [5, 5.41) is 12.8. The van der Waals surface area contributed by atoms with Gasteiger partial charge in [-0.2, -0.15) is 5.26 Å². The van der Waals surface area contributed by atoms with Gasteiger partial charge in [0, 0.05) is 18.5 Å². The normalized spacial score (nSPS) is 15.5. The number of aromatic nitrogens is 1. The van der Waals surface area contributed by atoms with Gasteiger partial charge in [-0.05, 0) is 30.3 Å². The molecule has 19 heavy (non-hydrogen) atoms. The first-order valence-corrected chi connectivity index (χ1v) is 6.10. The van der Waals surface area contributed by atoms with Crippen LogP contribution in [0.3, 0.4) is 0 Å². The summed E-state index contributed by atoms with van der Waals surface area (Å²) in [6.07, 6.45) is 0. The first kappa shape index (κ1) is 11.6. The largest absolute Gasteiger partial charge is 0.307 e. The number of fused-ring (bicyclic) bond motifs is 1. The number of nitrogens with one attached hydrogen (secondary N) is 1. The number of pyridine rings is 1. The lowest BCUT2D eigenvalue weighted by atomic mass is 10.1. The van der Waals surface area contributed by atoms with Crippen LogP contribution in [-0.4, -0.2) is 30.5 Å². The highest BCUT2D eigenvalue weighted by Crippen LogP contribution is 2.19. The number of hydrogen-bond acceptors (Lipinski definition) is 4. The van der Waals surface area contributed by atoms with Crippen LogP contribution in [0, 0.1) is 11.3 Å². The van der Waals surface area contributed by atoms with Gasteiger partial charge in [-0.15, -0.1) is 0 Å². The highest BCUT2D eigenvalue weighted by Gasteiger charge is 2.20. The minimum Gasteiger partial charge on any atom is -0.307 e. The van der Waals surface area contributed by atoms with E-state index >= 15 is 0 Å². The van der Waals surface area contributed by atoms with Gasteiger partial charge >= 0.3 is 0 Å². The molecule has 0 spiro atoms. The fourth-order valence-corrected chi connectivity index (χ4v) is 2.18. The Morgan fingerprint density at radius 3 is 3.00 bits per heavy atom. The molecule has 1 aromatic heterocycles. The Hall–Kier alpha value is -2.45. The van der Waals surface area contributed by atoms with Crippen molar-refractivity contribution in [3.8, 4) is 6.07 Å². The molecule has 2 heterocycles. The van der Waals surface area contributed by atoms with Crippen molar-refractivity contribution in [2.75, 3.05) is 24.5 Å². The predicted octanol–water partition coefficient (Wildman–Crippen LogP) is 1.04. The number of nitrogens with zero attached hydrogens (tertiary/aromatic N) is 3. The quantitative estimate of drug-likeness (QED) is 0.823. The molecule has 1 fully saturated rings. The summed E-state index contributed by atoms with van der Waals surface area (Å²) in [5.74, 6) is 0.704. The Morgan fingerprint density at radius 2 is 2.21 bits per heavy atom. The maximum atomic E-state index is 11.8. The number of rotatable bonds is 1. The molecule has 0 bridgehead atoms. The van der Waals surface area contributed by atoms with Crippen molar-refractivity contribution < 1.29 is 4.79 Å². The van der Waals surface area contributed by atoms with Crippen LogP contribution in [0.4, 0.5) is 5.82 Å². The van der Waals surface area contributed by atoms with Crippen molar-refractivity contribution in [2.45, 2.75) is 0 Å². The van der Waals surface area contributed by atoms with Crippen molar-refractivity contribution in [1.82, 2.24) is 10.3 Å². The number of nitriles is 1. The summed E-state index contributed by atoms with van der Waals surface area (Å²) in [5.41, 5.74) is 1.41. The number of benzene rings is 1. The molecule has 0 radical (unpaired) electrons. The summed E-state index contributed by atoms with van der Waals surface area (Å²) >= 11 is 0. The second kappa shape index (κ2) is 4.67. The Bertz CT molecular complexity index is 689. The zero-order valence-electron chi connectivity index (χ0n) is 10.3. The predicted molar refractivity (Wildman–Crippen MR) is 71.7 cm³/mol. The van der Waals surface area contributed by atoms with Crippen molar-refractivity contribution in [1.29, 1.82) is 5.26 Å². The van der Waals surface area contributed by atoms with Gasteiger partial charge in [-0.25, -0.2) is 4.98 Å². The summed E-state index contributed by atoms with van der Waals surface area (Å²) in [4.78, 5) is 18.0. The second-order valence-corrected chi connectivity index (χ2v) is 4.41. The van der Waals surface area contributed by atoms with Gasteiger partial charge < -0.3 is 5.32 Å². The molecule has 1 aliphatic heterocycles. The summed E-state index contributed by atoms with van der Waals surface area (Å²) < 4.78 is 0. The smallest absolute Gasteiger partial charge is 0.242 e. The Balaban J connectivity index is 2.02. The van der Waals surface area contributed by atoms with Gasteiger partial charge in [0.2, 0.25) is 5.91 Å². The number of hydrogen-bond donors (Lipinski definition) is 1. The van der Waals surface area contributed by atoms with Crippen molar-refractivity contribution >= 4 is 22.6 Å². The molecular formula is C14H12N4O. The molecule has 5 heteroatoms. The maximum absolute atomic E-state index is 11.8. The van der Waals surface area contributed by atoms with Gasteiger partial charge in [0.25, 0.3) is 0 Å². The number of carbonyl (C=O) groups is 1. The molecule has 2 aromatic rings. The van der Waals surface area contributed by atoms with Crippen LogP contribution >= 0.6 is 0 Å².